The molecule has 8 heteroatoms. The molecule has 0 saturated carbocycles. The Kier molecular flexibility index (Phi) is 3.48. The fraction of sp³-hybridized carbons (Fsp3) is 0.400. The highest BCUT2D eigenvalue weighted by atomic mass is 16.6. The van der Waals surface area contributed by atoms with Crippen LogP contribution in [-0.4, -0.2) is 44.7 Å². The first kappa shape index (κ1) is 15.3. The molecule has 8 nitrogen and oxygen atoms in total. The van der Waals surface area contributed by atoms with E-state index >= 15 is 0 Å². The van der Waals surface area contributed by atoms with Crippen molar-refractivity contribution in [2.75, 3.05) is 13.1 Å². The van der Waals surface area contributed by atoms with Crippen LogP contribution in [-0.2, 0) is 11.3 Å². The van der Waals surface area contributed by atoms with Crippen LogP contribution in [0.2, 0.25) is 0 Å². The molecule has 2 aliphatic rings. The number of hydrogen-bond donors (Lipinski definition) is 0. The Morgan fingerprint density at radius 1 is 1.09 bits per heavy atom. The summed E-state index contributed by atoms with van der Waals surface area (Å²) in [7, 11) is 0. The van der Waals surface area contributed by atoms with E-state index in [-0.39, 0.29) is 19.5 Å². The van der Waals surface area contributed by atoms with Crippen LogP contribution in [0.15, 0.2) is 42.5 Å². The topological polar surface area (TPSA) is 107 Å². The largest absolute Gasteiger partial charge is 0.302 e. The van der Waals surface area contributed by atoms with Crippen LogP contribution in [0.5, 0.6) is 0 Å². The molecule has 120 valence electrons. The van der Waals surface area contributed by atoms with E-state index in [1.165, 1.54) is 6.08 Å². The fourth-order valence-electron chi connectivity index (χ4n) is 3.44. The minimum atomic E-state index is -1.94. The van der Waals surface area contributed by atoms with Crippen molar-refractivity contribution in [3.8, 4) is 0 Å². The average molecular weight is 317 g/mol. The summed E-state index contributed by atoms with van der Waals surface area (Å²) in [5.74, 6) is -0.669. The number of hydrogen-bond acceptors (Lipinski definition) is 6. The third kappa shape index (κ3) is 2.40. The number of carbonyl (C=O) groups is 1. The van der Waals surface area contributed by atoms with Gasteiger partial charge in [0.15, 0.2) is 0 Å². The molecule has 0 amide bonds. The zero-order valence-electron chi connectivity index (χ0n) is 12.3. The van der Waals surface area contributed by atoms with Gasteiger partial charge in [-0.1, -0.05) is 30.3 Å². The molecule has 1 aliphatic heterocycles. The van der Waals surface area contributed by atoms with Gasteiger partial charge in [0.25, 0.3) is 5.54 Å². The Hall–Kier alpha value is -2.61. The highest BCUT2D eigenvalue weighted by Crippen LogP contribution is 2.39. The number of nitrogens with zero attached hydrogens (tertiary/aromatic N) is 3. The van der Waals surface area contributed by atoms with E-state index in [1.807, 2.05) is 30.3 Å². The van der Waals surface area contributed by atoms with Gasteiger partial charge in [0.1, 0.15) is 6.42 Å². The lowest BCUT2D eigenvalue weighted by Crippen LogP contribution is -2.68. The van der Waals surface area contributed by atoms with Gasteiger partial charge in [-0.15, -0.1) is 0 Å². The maximum atomic E-state index is 12.2. The lowest BCUT2D eigenvalue weighted by Gasteiger charge is -2.42. The van der Waals surface area contributed by atoms with Crippen LogP contribution in [0.3, 0.4) is 0 Å². The van der Waals surface area contributed by atoms with Gasteiger partial charge in [-0.3, -0.25) is 29.9 Å². The van der Waals surface area contributed by atoms with Crippen molar-refractivity contribution < 1.29 is 14.6 Å². The van der Waals surface area contributed by atoms with Crippen molar-refractivity contribution in [1.82, 2.24) is 4.90 Å². The Labute approximate surface area is 131 Å². The third-order valence-electron chi connectivity index (χ3n) is 4.55. The van der Waals surface area contributed by atoms with E-state index in [2.05, 4.69) is 0 Å². The number of piperidine rings is 1. The maximum absolute atomic E-state index is 12.2. The summed E-state index contributed by atoms with van der Waals surface area (Å²) >= 11 is 0. The summed E-state index contributed by atoms with van der Waals surface area (Å²) < 4.78 is 0. The first-order valence-corrected chi connectivity index (χ1v) is 7.17. The van der Waals surface area contributed by atoms with Crippen molar-refractivity contribution in [2.24, 2.45) is 0 Å². The van der Waals surface area contributed by atoms with E-state index in [0.717, 1.165) is 11.6 Å². The van der Waals surface area contributed by atoms with E-state index in [9.17, 15) is 25.0 Å². The van der Waals surface area contributed by atoms with Crippen molar-refractivity contribution in [3.63, 3.8) is 0 Å². The normalized spacial score (nSPS) is 30.2. The SMILES string of the molecule is O=C1C=CC2([N+](=O)[O-])CN(Cc3ccccc3)CC1([N+](=O)[O-])C2. The number of nitro groups is 2. The highest BCUT2D eigenvalue weighted by molar-refractivity contribution is 5.98. The van der Waals surface area contributed by atoms with Crippen LogP contribution in [0, 0.1) is 20.2 Å². The smallest absolute Gasteiger partial charge is 0.287 e. The Balaban J connectivity index is 1.99. The molecule has 1 saturated heterocycles. The van der Waals surface area contributed by atoms with Crippen LogP contribution in [0.4, 0.5) is 0 Å². The number of likely N-dealkylation sites (tertiary alicyclic amines) is 1. The first-order valence-electron chi connectivity index (χ1n) is 7.17. The molecular formula is C15H15N3O5. The average Bonchev–Trinajstić information content (AvgIpc) is 2.52. The van der Waals surface area contributed by atoms with E-state index in [4.69, 9.17) is 0 Å². The Morgan fingerprint density at radius 3 is 2.39 bits per heavy atom. The molecule has 0 aromatic heterocycles. The van der Waals surface area contributed by atoms with E-state index < -0.39 is 26.7 Å². The molecule has 2 bridgehead atoms. The second-order valence-electron chi connectivity index (χ2n) is 6.15. The molecule has 0 radical (unpaired) electrons. The molecule has 23 heavy (non-hydrogen) atoms. The molecular weight excluding hydrogens is 302 g/mol. The number of fused-ring (bicyclic) bond motifs is 2. The van der Waals surface area contributed by atoms with Gasteiger partial charge in [-0.2, -0.15) is 0 Å². The van der Waals surface area contributed by atoms with Gasteiger partial charge >= 0.3 is 5.54 Å². The predicted molar refractivity (Wildman–Crippen MR) is 79.9 cm³/mol. The predicted octanol–water partition coefficient (Wildman–Crippen LogP) is 1.06. The second-order valence-corrected chi connectivity index (χ2v) is 6.15. The number of carbonyl (C=O) groups excluding carboxylic acids is 1. The summed E-state index contributed by atoms with van der Waals surface area (Å²) in [5, 5.41) is 23.1. The molecule has 2 atom stereocenters. The summed E-state index contributed by atoms with van der Waals surface area (Å²) in [4.78, 5) is 35.7. The molecule has 1 aliphatic carbocycles. The maximum Gasteiger partial charge on any atom is 0.302 e. The van der Waals surface area contributed by atoms with Crippen LogP contribution >= 0.6 is 0 Å². The number of ketones is 1. The van der Waals surface area contributed by atoms with Crippen LogP contribution in [0.25, 0.3) is 0 Å². The highest BCUT2D eigenvalue weighted by Gasteiger charge is 2.66. The number of rotatable bonds is 4. The molecule has 0 N–H and O–H groups in total. The van der Waals surface area contributed by atoms with Gasteiger partial charge in [0.05, 0.1) is 13.1 Å². The van der Waals surface area contributed by atoms with Gasteiger partial charge in [-0.05, 0) is 17.7 Å². The quantitative estimate of drug-likeness (QED) is 0.607. The van der Waals surface area contributed by atoms with E-state index in [1.54, 1.807) is 4.90 Å². The van der Waals surface area contributed by atoms with Gasteiger partial charge in [-0.25, -0.2) is 0 Å². The molecule has 1 fully saturated rings. The monoisotopic (exact) mass is 317 g/mol. The first-order chi connectivity index (χ1) is 10.9. The summed E-state index contributed by atoms with van der Waals surface area (Å²) in [5.41, 5.74) is -2.64. The summed E-state index contributed by atoms with van der Waals surface area (Å²) in [6.45, 7) is 0.259. The van der Waals surface area contributed by atoms with Gasteiger partial charge in [0.2, 0.25) is 5.78 Å². The Morgan fingerprint density at radius 2 is 1.78 bits per heavy atom. The fourth-order valence-corrected chi connectivity index (χ4v) is 3.44. The van der Waals surface area contributed by atoms with Crippen molar-refractivity contribution in [1.29, 1.82) is 0 Å². The third-order valence-corrected chi connectivity index (χ3v) is 4.55. The molecule has 3 rings (SSSR count). The van der Waals surface area contributed by atoms with Crippen molar-refractivity contribution in [2.45, 2.75) is 24.0 Å². The van der Waals surface area contributed by atoms with E-state index in [0.29, 0.717) is 6.54 Å². The van der Waals surface area contributed by atoms with Crippen molar-refractivity contribution in [3.05, 3.63) is 68.3 Å². The van der Waals surface area contributed by atoms with Crippen molar-refractivity contribution >= 4 is 5.78 Å². The number of benzene rings is 1. The molecule has 1 aromatic rings. The summed E-state index contributed by atoms with van der Waals surface area (Å²) in [6, 6.07) is 9.20. The minimum absolute atomic E-state index is 0.0499. The van der Waals surface area contributed by atoms with Crippen LogP contribution < -0.4 is 0 Å². The zero-order valence-corrected chi connectivity index (χ0v) is 12.3. The van der Waals surface area contributed by atoms with Gasteiger partial charge in [0, 0.05) is 16.4 Å². The zero-order chi connectivity index (χ0) is 16.7. The Bertz CT molecular complexity index is 704. The van der Waals surface area contributed by atoms with Gasteiger partial charge < -0.3 is 0 Å². The molecule has 1 heterocycles. The second kappa shape index (κ2) is 5.24. The lowest BCUT2D eigenvalue weighted by molar-refractivity contribution is -0.607. The summed E-state index contributed by atoms with van der Waals surface area (Å²) in [6.07, 6.45) is 1.84. The standard InChI is InChI=1S/C15H15N3O5/c19-13-6-7-14(17(20)21)9-15(13,18(22)23)11-16(10-14)8-12-4-2-1-3-5-12/h1-7H,8-11H2. The molecule has 1 aromatic carbocycles. The molecule has 0 spiro atoms. The van der Waals surface area contributed by atoms with Crippen LogP contribution in [0.1, 0.15) is 12.0 Å². The lowest BCUT2D eigenvalue weighted by atomic mass is 9.71. The molecule has 2 unspecified atom stereocenters. The minimum Gasteiger partial charge on any atom is -0.287 e.